The number of unbranched alkanes of at least 4 members (excludes halogenated alkanes) is 1. The highest BCUT2D eigenvalue weighted by Gasteiger charge is 2.47. The Kier molecular flexibility index (Phi) is 36.7. The number of nitrogens with one attached hydrogen (secondary N) is 8. The summed E-state index contributed by atoms with van der Waals surface area (Å²) in [6.07, 6.45) is 13.9. The first-order valence-electron chi connectivity index (χ1n) is 38.0. The number of carboxylic acids is 1. The Morgan fingerprint density at radius 1 is 0.652 bits per heavy atom. The minimum atomic E-state index is -2.64. The molecule has 26 atom stereocenters. The van der Waals surface area contributed by atoms with Crippen LogP contribution in [0.4, 0.5) is 0 Å². The average molecular weight is 1580 g/mol. The molecule has 19 N–H and O–H groups in total. The van der Waals surface area contributed by atoms with E-state index in [1.54, 1.807) is 35.7 Å². The van der Waals surface area contributed by atoms with Gasteiger partial charge in [-0.05, 0) is 82.8 Å². The van der Waals surface area contributed by atoms with Gasteiger partial charge in [-0.25, -0.2) is 9.59 Å². The minimum absolute atomic E-state index is 0.0362. The molecule has 112 heavy (non-hydrogen) atoms. The Morgan fingerprint density at radius 2 is 1.34 bits per heavy atom. The molecular formula is C77H113N9O26. The number of aliphatic hydroxyl groups excluding tert-OH is 8. The minimum Gasteiger partial charge on any atom is -0.479 e. The van der Waals surface area contributed by atoms with Gasteiger partial charge < -0.3 is 118 Å². The lowest BCUT2D eigenvalue weighted by Crippen LogP contribution is -2.64. The van der Waals surface area contributed by atoms with Crippen molar-refractivity contribution in [3.8, 4) is 0 Å². The van der Waals surface area contributed by atoms with E-state index in [4.69, 9.17) is 29.4 Å². The number of carboxylic acid groups (broad SMARTS) is 1. The standard InChI is InChI=1S/C77H113N9O26/c1-38(2)46-32-51(91)48(37-87)83-72(101)47(82-76(105)64(77(106)107)86-73(102)52(92)36-80-74(103)62(44(8)88)84-75(104)63(85-71(46)100)66(96)67(97)69(78)98)35-79-70(99)43(7)81-60(93)27-19-18-21-39(3)31-40(4)68-56-30-29-45(108-68)22-14-10-9-11-15-23-49(89)65(95)59-33-50(90)41(5)53(110-59)25-20-26-54-42(6)57-34-58(109-54)55(111-57)24-16-12-13-17-28-61(94)112-56/h10,12-17,20,23-24,26,28-31,38-39,41-50,52-59,62-68,87-90,92,95-97H,9,11,18-19,21-22,25,27,32-37H2,1-8H3,(H2,78,98)(H,79,99)(H,80,103)(H,81,93)(H,82,105)(H,83,101)(H,84,104)(H,85,100)(H,86,102)(H,106,107)/b13-12-,14-10+,23-15+,24-16+,26-20+,28-17-,40-31+/t39-,41-,42?,43?,44?,45?,46?,47?,48?,49+,50+,52?,53-,54+,55-,56?,57?,58?,59-,62?,63?,64?,65+,66?,67?,68?/m1/s1. The number of Topliss-reactive ketones (excluding diaryl/α,β-unsaturated/α-hetero) is 1. The molecule has 4 saturated heterocycles. The van der Waals surface area contributed by atoms with E-state index in [1.165, 1.54) is 32.9 Å². The van der Waals surface area contributed by atoms with Gasteiger partial charge >= 0.3 is 11.9 Å². The number of primary amides is 1. The van der Waals surface area contributed by atoms with Gasteiger partial charge in [0.05, 0.1) is 62.0 Å². The molecule has 9 amide bonds. The van der Waals surface area contributed by atoms with Crippen LogP contribution in [0, 0.1) is 29.6 Å². The maximum absolute atomic E-state index is 14.1. The third-order valence-electron chi connectivity index (χ3n) is 20.5. The maximum atomic E-state index is 14.1. The summed E-state index contributed by atoms with van der Waals surface area (Å²) in [6.45, 7) is 9.69. The van der Waals surface area contributed by atoms with E-state index >= 15 is 0 Å². The number of amides is 9. The molecule has 0 aliphatic carbocycles. The number of carbonyl (C=O) groups is 12. The second-order valence-corrected chi connectivity index (χ2v) is 29.7. The summed E-state index contributed by atoms with van der Waals surface area (Å²) in [5.74, 6) is -18.3. The van der Waals surface area contributed by atoms with E-state index in [2.05, 4.69) is 28.2 Å². The molecule has 0 aromatic rings. The molecule has 7 aliphatic heterocycles. The number of rotatable bonds is 18. The monoisotopic (exact) mass is 1580 g/mol. The van der Waals surface area contributed by atoms with Crippen molar-refractivity contribution in [2.24, 2.45) is 35.3 Å². The van der Waals surface area contributed by atoms with Gasteiger partial charge in [0, 0.05) is 56.1 Å². The van der Waals surface area contributed by atoms with Crippen molar-refractivity contribution >= 4 is 70.9 Å². The van der Waals surface area contributed by atoms with Crippen LogP contribution in [0.1, 0.15) is 126 Å². The van der Waals surface area contributed by atoms with E-state index in [-0.39, 0.29) is 55.0 Å². The molecule has 35 heteroatoms. The number of ether oxygens (including phenoxy) is 5. The van der Waals surface area contributed by atoms with Crippen molar-refractivity contribution in [3.63, 3.8) is 0 Å². The van der Waals surface area contributed by atoms with Crippen molar-refractivity contribution < 1.29 is 127 Å². The van der Waals surface area contributed by atoms with Crippen LogP contribution in [-0.2, 0) is 81.2 Å². The molecule has 0 saturated carbocycles. The van der Waals surface area contributed by atoms with Gasteiger partial charge in [0.25, 0.3) is 11.8 Å². The van der Waals surface area contributed by atoms with Crippen molar-refractivity contribution in [2.75, 3.05) is 19.7 Å². The average Bonchev–Trinajstić information content (AvgIpc) is 1.65. The molecule has 7 aliphatic rings. The highest BCUT2D eigenvalue weighted by atomic mass is 16.6. The quantitative estimate of drug-likeness (QED) is 0.0284. The number of esters is 1. The van der Waals surface area contributed by atoms with Crippen molar-refractivity contribution in [3.05, 3.63) is 96.7 Å². The van der Waals surface area contributed by atoms with Crippen LogP contribution < -0.4 is 48.3 Å². The van der Waals surface area contributed by atoms with Gasteiger partial charge in [-0.3, -0.25) is 47.9 Å². The highest BCUT2D eigenvalue weighted by molar-refractivity contribution is 6.06. The zero-order valence-corrected chi connectivity index (χ0v) is 64.2. The second kappa shape index (κ2) is 44.7. The Labute approximate surface area is 649 Å². The molecule has 7 rings (SSSR count). The van der Waals surface area contributed by atoms with Gasteiger partial charge in [-0.2, -0.15) is 0 Å². The predicted molar refractivity (Wildman–Crippen MR) is 399 cm³/mol. The van der Waals surface area contributed by atoms with Crippen molar-refractivity contribution in [2.45, 2.75) is 260 Å². The van der Waals surface area contributed by atoms with E-state index in [0.717, 1.165) is 18.9 Å². The first-order chi connectivity index (χ1) is 53.0. The molecule has 7 heterocycles. The van der Waals surface area contributed by atoms with Crippen LogP contribution in [0.15, 0.2) is 96.7 Å². The summed E-state index contributed by atoms with van der Waals surface area (Å²) in [5.41, 5.74) is 5.91. The molecule has 35 nitrogen and oxygen atoms in total. The number of aliphatic hydroxyl groups is 8. The predicted octanol–water partition coefficient (Wildman–Crippen LogP) is -2.86. The Hall–Kier alpha value is -8.72. The summed E-state index contributed by atoms with van der Waals surface area (Å²) in [6, 6.07) is -12.4. The molecule has 622 valence electrons. The van der Waals surface area contributed by atoms with E-state index in [0.29, 0.717) is 44.9 Å². The van der Waals surface area contributed by atoms with Gasteiger partial charge in [0.1, 0.15) is 66.8 Å². The number of hydrogen-bond donors (Lipinski definition) is 18. The lowest BCUT2D eigenvalue weighted by molar-refractivity contribution is -0.175. The summed E-state index contributed by atoms with van der Waals surface area (Å²) in [4.78, 5) is 161. The number of ketones is 1. The number of aliphatic carboxylic acids is 1. The van der Waals surface area contributed by atoms with Crippen LogP contribution in [0.25, 0.3) is 0 Å². The summed E-state index contributed by atoms with van der Waals surface area (Å²) >= 11 is 0. The number of carbonyl (C=O) groups excluding carboxylic acids is 11. The van der Waals surface area contributed by atoms with Gasteiger partial charge in [-0.15, -0.1) is 0 Å². The van der Waals surface area contributed by atoms with Crippen LogP contribution in [-0.4, -0.2) is 270 Å². The van der Waals surface area contributed by atoms with Crippen LogP contribution >= 0.6 is 0 Å². The molecule has 0 radical (unpaired) electrons. The number of nitrogens with two attached hydrogens (primary N) is 1. The lowest BCUT2D eigenvalue weighted by atomic mass is 9.85. The third kappa shape index (κ3) is 27.5. The van der Waals surface area contributed by atoms with Crippen molar-refractivity contribution in [1.29, 1.82) is 0 Å². The van der Waals surface area contributed by atoms with Gasteiger partial charge in [0.2, 0.25) is 47.4 Å². The molecule has 17 unspecified atom stereocenters. The fourth-order valence-corrected chi connectivity index (χ4v) is 13.5. The Balaban J connectivity index is 1.09. The largest absolute Gasteiger partial charge is 0.479 e. The van der Waals surface area contributed by atoms with Crippen LogP contribution in [0.5, 0.6) is 0 Å². The molecule has 7 bridgehead atoms. The molecule has 0 aromatic heterocycles. The second-order valence-electron chi connectivity index (χ2n) is 29.7. The normalized spacial score (nSPS) is 35.3. The van der Waals surface area contributed by atoms with Crippen LogP contribution in [0.3, 0.4) is 0 Å². The Morgan fingerprint density at radius 3 is 2.03 bits per heavy atom. The number of fused-ring (bicyclic) bond motifs is 13. The molecule has 0 spiro atoms. The fraction of sp³-hybridized carbons (Fsp3) is 0.636. The van der Waals surface area contributed by atoms with E-state index < -0.39 is 218 Å². The first kappa shape index (κ1) is 92.2. The molecular weight excluding hydrogens is 1470 g/mol. The smallest absolute Gasteiger partial charge is 0.336 e. The van der Waals surface area contributed by atoms with Gasteiger partial charge in [0.15, 0.2) is 18.0 Å². The maximum Gasteiger partial charge on any atom is 0.336 e. The van der Waals surface area contributed by atoms with Crippen molar-refractivity contribution in [1.82, 2.24) is 42.5 Å². The topological polar surface area (TPSA) is 555 Å². The van der Waals surface area contributed by atoms with Gasteiger partial charge in [-0.1, -0.05) is 120 Å². The first-order valence-corrected chi connectivity index (χ1v) is 38.0. The zero-order valence-electron chi connectivity index (χ0n) is 64.2. The number of allylic oxidation sites excluding steroid dienone is 7. The van der Waals surface area contributed by atoms with E-state index in [1.807, 2.05) is 85.3 Å². The summed E-state index contributed by atoms with van der Waals surface area (Å²) < 4.78 is 31.8. The SMILES string of the molecule is C/C(=C\[C@H](C)CCCCC(=O)NC(C)C(=O)NCC1NC(=O)C(C(=O)O)NC(=O)C(O)CNC(=O)C(C(C)O)NC(=O)C(C(O)C(O)C(N)=O)NC(=O)C(C(C)C)CC(=O)C(CO)NC1=O)C1OC2C=CC1OC(=O)\C=C/C=C\C=C\[C@H]1OC3CC1O[C@@H](/C=C/C[C@H]1O[C@H](C[C@H](O)[C@H]1C)[C@@H](O)[C@@H](O)/C=C/CC/C=C/C2)C3C. The summed E-state index contributed by atoms with van der Waals surface area (Å²) in [7, 11) is 0. The molecule has 4 fully saturated rings. The lowest BCUT2D eigenvalue weighted by Gasteiger charge is -2.40. The van der Waals surface area contributed by atoms with E-state index in [9.17, 15) is 103 Å². The molecule has 0 aromatic carbocycles. The third-order valence-corrected chi connectivity index (χ3v) is 20.5. The van der Waals surface area contributed by atoms with Crippen LogP contribution in [0.2, 0.25) is 0 Å². The highest BCUT2D eigenvalue weighted by Crippen LogP contribution is 2.39. The Bertz CT molecular complexity index is 3520. The number of β-amino-alcohol motifs (C(OH)–C–C–N with tert-alkyl or cyclic N) is 1. The fourth-order valence-electron chi connectivity index (χ4n) is 13.5. The number of hydrogen-bond acceptors (Lipinski definition) is 25. The summed E-state index contributed by atoms with van der Waals surface area (Å²) in [5, 5.41) is 113. The zero-order chi connectivity index (χ0) is 82.8.